The maximum atomic E-state index is 2.51. The van der Waals surface area contributed by atoms with E-state index in [1.807, 2.05) is 0 Å². The third-order valence-corrected chi connectivity index (χ3v) is 9.56. The van der Waals surface area contributed by atoms with Gasteiger partial charge in [-0.15, -0.1) is 0 Å². The number of benzene rings is 7. The molecule has 1 heteroatoms. The van der Waals surface area contributed by atoms with Crippen LogP contribution in [-0.4, -0.2) is 6.71 Å². The molecule has 0 amide bonds. The highest BCUT2D eigenvalue weighted by molar-refractivity contribution is 6.96. The lowest BCUT2D eigenvalue weighted by Gasteiger charge is -2.26. The number of fused-ring (bicyclic) bond motifs is 2. The molecule has 0 N–H and O–H groups in total. The SMILES string of the molecule is Cc1cc(C)c(B(c2ccc3c(-c4ccccc4)c4ccccc4c(-c4ccccc4)c3c2)c2c(C)cc(C)cc2C)c(C)c1. The summed E-state index contributed by atoms with van der Waals surface area (Å²) in [5.74, 6) is 0. The monoisotopic (exact) mass is 578 g/mol. The minimum Gasteiger partial charge on any atom is -0.0680 e. The van der Waals surface area contributed by atoms with Crippen molar-refractivity contribution in [3.63, 3.8) is 0 Å². The van der Waals surface area contributed by atoms with Gasteiger partial charge in [0.1, 0.15) is 0 Å². The molecule has 0 saturated heterocycles. The first-order valence-corrected chi connectivity index (χ1v) is 16.1. The average Bonchev–Trinajstić information content (AvgIpc) is 3.02. The Morgan fingerprint density at radius 2 is 0.733 bits per heavy atom. The summed E-state index contributed by atoms with van der Waals surface area (Å²) in [5.41, 5.74) is 17.3. The standard InChI is InChI=1S/C44H39B/c1-28-23-30(3)43(31(4)24-28)45(44-32(5)25-29(2)26-33(44)6)36-21-22-39-40(27-36)42(35-17-11-8-12-18-35)38-20-14-13-19-37(38)41(39)34-15-9-7-10-16-34/h7-27H,1-6H3. The van der Waals surface area contributed by atoms with Crippen LogP contribution < -0.4 is 16.4 Å². The Morgan fingerprint density at radius 1 is 0.356 bits per heavy atom. The van der Waals surface area contributed by atoms with Crippen LogP contribution in [0.1, 0.15) is 33.4 Å². The molecule has 0 fully saturated rings. The van der Waals surface area contributed by atoms with E-state index in [0.717, 1.165) is 0 Å². The minimum absolute atomic E-state index is 0.117. The van der Waals surface area contributed by atoms with Crippen LogP contribution in [0.5, 0.6) is 0 Å². The molecule has 0 aliphatic carbocycles. The fourth-order valence-electron chi connectivity index (χ4n) is 7.98. The second kappa shape index (κ2) is 11.6. The topological polar surface area (TPSA) is 0 Å². The van der Waals surface area contributed by atoms with Gasteiger partial charge in [0.2, 0.25) is 6.71 Å². The summed E-state index contributed by atoms with van der Waals surface area (Å²) >= 11 is 0. The maximum absolute atomic E-state index is 2.51. The van der Waals surface area contributed by atoms with Gasteiger partial charge in [0.25, 0.3) is 0 Å². The smallest absolute Gasteiger partial charge is 0.0680 e. The van der Waals surface area contributed by atoms with Gasteiger partial charge in [0, 0.05) is 0 Å². The lowest BCUT2D eigenvalue weighted by molar-refractivity contribution is 1.34. The van der Waals surface area contributed by atoms with Crippen molar-refractivity contribution in [2.45, 2.75) is 41.5 Å². The van der Waals surface area contributed by atoms with Crippen LogP contribution >= 0.6 is 0 Å². The van der Waals surface area contributed by atoms with Gasteiger partial charge in [-0.1, -0.05) is 177 Å². The fourth-order valence-corrected chi connectivity index (χ4v) is 7.98. The van der Waals surface area contributed by atoms with Gasteiger partial charge in [-0.3, -0.25) is 0 Å². The molecule has 0 unspecified atom stereocenters. The first-order valence-electron chi connectivity index (χ1n) is 16.1. The second-order valence-corrected chi connectivity index (χ2v) is 12.9. The van der Waals surface area contributed by atoms with E-state index in [0.29, 0.717) is 0 Å². The summed E-state index contributed by atoms with van der Waals surface area (Å²) in [6.07, 6.45) is 0. The van der Waals surface area contributed by atoms with E-state index in [4.69, 9.17) is 0 Å². The van der Waals surface area contributed by atoms with Gasteiger partial charge in [-0.25, -0.2) is 0 Å². The molecule has 0 nitrogen and oxygen atoms in total. The first kappa shape index (κ1) is 28.9. The Labute approximate surface area is 268 Å². The Bertz CT molecular complexity index is 2100. The fraction of sp³-hybridized carbons (Fsp3) is 0.136. The summed E-state index contributed by atoms with van der Waals surface area (Å²) in [4.78, 5) is 0. The maximum Gasteiger partial charge on any atom is 0.242 e. The van der Waals surface area contributed by atoms with Gasteiger partial charge >= 0.3 is 0 Å². The largest absolute Gasteiger partial charge is 0.242 e. The third kappa shape index (κ3) is 5.07. The quantitative estimate of drug-likeness (QED) is 0.141. The average molecular weight is 579 g/mol. The molecule has 7 aromatic carbocycles. The number of hydrogen-bond donors (Lipinski definition) is 0. The van der Waals surface area contributed by atoms with Crippen molar-refractivity contribution in [3.8, 4) is 22.3 Å². The third-order valence-electron chi connectivity index (χ3n) is 9.56. The Morgan fingerprint density at radius 3 is 1.18 bits per heavy atom. The van der Waals surface area contributed by atoms with Crippen LogP contribution in [0.4, 0.5) is 0 Å². The second-order valence-electron chi connectivity index (χ2n) is 12.9. The molecular formula is C44H39B. The van der Waals surface area contributed by atoms with E-state index in [2.05, 4.69) is 169 Å². The minimum atomic E-state index is 0.117. The van der Waals surface area contributed by atoms with E-state index in [-0.39, 0.29) is 6.71 Å². The summed E-state index contributed by atoms with van der Waals surface area (Å²) in [6, 6.07) is 47.5. The molecular weight excluding hydrogens is 539 g/mol. The normalized spacial score (nSPS) is 11.3. The zero-order valence-electron chi connectivity index (χ0n) is 27.2. The number of aryl methyl sites for hydroxylation is 6. The molecule has 218 valence electrons. The number of hydrogen-bond acceptors (Lipinski definition) is 0. The molecule has 0 radical (unpaired) electrons. The molecule has 0 aromatic heterocycles. The highest BCUT2D eigenvalue weighted by Crippen LogP contribution is 2.43. The zero-order valence-corrected chi connectivity index (χ0v) is 27.2. The highest BCUT2D eigenvalue weighted by Gasteiger charge is 2.29. The van der Waals surface area contributed by atoms with E-state index in [1.54, 1.807) is 0 Å². The molecule has 45 heavy (non-hydrogen) atoms. The van der Waals surface area contributed by atoms with Gasteiger partial charge in [0.05, 0.1) is 0 Å². The van der Waals surface area contributed by atoms with Gasteiger partial charge in [0.15, 0.2) is 0 Å². The van der Waals surface area contributed by atoms with Crippen LogP contribution in [0.25, 0.3) is 43.8 Å². The van der Waals surface area contributed by atoms with Crippen molar-refractivity contribution >= 4 is 44.6 Å². The summed E-state index contributed by atoms with van der Waals surface area (Å²) < 4.78 is 0. The Kier molecular flexibility index (Phi) is 7.42. The van der Waals surface area contributed by atoms with E-state index in [1.165, 1.54) is 93.6 Å². The van der Waals surface area contributed by atoms with Crippen LogP contribution in [0, 0.1) is 41.5 Å². The van der Waals surface area contributed by atoms with Crippen molar-refractivity contribution in [3.05, 3.63) is 161 Å². The number of rotatable bonds is 5. The van der Waals surface area contributed by atoms with Crippen LogP contribution in [-0.2, 0) is 0 Å². The molecule has 0 atom stereocenters. The Hall–Kier alpha value is -4.88. The van der Waals surface area contributed by atoms with Crippen molar-refractivity contribution < 1.29 is 0 Å². The molecule has 0 heterocycles. The van der Waals surface area contributed by atoms with Crippen molar-refractivity contribution in [2.75, 3.05) is 0 Å². The molecule has 7 rings (SSSR count). The summed E-state index contributed by atoms with van der Waals surface area (Å²) in [6.45, 7) is 13.7. The predicted octanol–water partition coefficient (Wildman–Crippen LogP) is 9.69. The van der Waals surface area contributed by atoms with Gasteiger partial charge in [-0.2, -0.15) is 0 Å². The Balaban J connectivity index is 1.63. The van der Waals surface area contributed by atoms with Crippen molar-refractivity contribution in [2.24, 2.45) is 0 Å². The predicted molar refractivity (Wildman–Crippen MR) is 198 cm³/mol. The van der Waals surface area contributed by atoms with Crippen LogP contribution in [0.2, 0.25) is 0 Å². The van der Waals surface area contributed by atoms with Crippen LogP contribution in [0.3, 0.4) is 0 Å². The van der Waals surface area contributed by atoms with Gasteiger partial charge in [-0.05, 0) is 85.3 Å². The van der Waals surface area contributed by atoms with Crippen molar-refractivity contribution in [1.82, 2.24) is 0 Å². The van der Waals surface area contributed by atoms with E-state index < -0.39 is 0 Å². The molecule has 0 saturated carbocycles. The molecule has 0 aliphatic heterocycles. The lowest BCUT2D eigenvalue weighted by Crippen LogP contribution is -2.55. The molecule has 0 bridgehead atoms. The van der Waals surface area contributed by atoms with Gasteiger partial charge < -0.3 is 0 Å². The molecule has 0 aliphatic rings. The summed E-state index contributed by atoms with van der Waals surface area (Å²) in [7, 11) is 0. The highest BCUT2D eigenvalue weighted by atomic mass is 14.2. The first-order chi connectivity index (χ1) is 21.8. The zero-order chi connectivity index (χ0) is 31.2. The van der Waals surface area contributed by atoms with E-state index >= 15 is 0 Å². The van der Waals surface area contributed by atoms with E-state index in [9.17, 15) is 0 Å². The molecule has 0 spiro atoms. The lowest BCUT2D eigenvalue weighted by atomic mass is 9.34. The summed E-state index contributed by atoms with van der Waals surface area (Å²) in [5, 5.41) is 5.16. The van der Waals surface area contributed by atoms with Crippen molar-refractivity contribution in [1.29, 1.82) is 0 Å². The van der Waals surface area contributed by atoms with Crippen LogP contribution in [0.15, 0.2) is 127 Å². The molecule has 7 aromatic rings.